The number of urea groups is 1. The van der Waals surface area contributed by atoms with E-state index in [0.29, 0.717) is 11.3 Å². The number of amides is 3. The quantitative estimate of drug-likeness (QED) is 0.745. The van der Waals surface area contributed by atoms with Gasteiger partial charge in [0.2, 0.25) is 0 Å². The van der Waals surface area contributed by atoms with Crippen molar-refractivity contribution in [2.75, 3.05) is 7.11 Å². The number of nitrogens with one attached hydrogen (secondary N) is 3. The van der Waals surface area contributed by atoms with Gasteiger partial charge in [0.1, 0.15) is 5.75 Å². The molecule has 0 aliphatic heterocycles. The van der Waals surface area contributed by atoms with Crippen molar-refractivity contribution in [2.45, 2.75) is 38.1 Å². The van der Waals surface area contributed by atoms with Gasteiger partial charge in [-0.2, -0.15) is 0 Å². The number of ether oxygens (including phenoxy) is 1. The zero-order valence-corrected chi connectivity index (χ0v) is 12.1. The van der Waals surface area contributed by atoms with E-state index in [1.807, 2.05) is 0 Å². The molecule has 6 heteroatoms. The van der Waals surface area contributed by atoms with Crippen molar-refractivity contribution in [2.24, 2.45) is 0 Å². The Balaban J connectivity index is 1.78. The molecule has 1 aromatic rings. The molecule has 3 amide bonds. The second-order valence-electron chi connectivity index (χ2n) is 5.12. The van der Waals surface area contributed by atoms with Gasteiger partial charge in [-0.1, -0.05) is 25.3 Å². The van der Waals surface area contributed by atoms with Gasteiger partial charge >= 0.3 is 6.03 Å². The van der Waals surface area contributed by atoms with Crippen LogP contribution in [0.5, 0.6) is 5.75 Å². The van der Waals surface area contributed by atoms with Crippen LogP contribution in [0, 0.1) is 0 Å². The SMILES string of the molecule is COc1cccc(C(=O)NNC(=O)NC2CCCCC2)c1. The highest BCUT2D eigenvalue weighted by Crippen LogP contribution is 2.17. The topological polar surface area (TPSA) is 79.5 Å². The number of hydrogen-bond donors (Lipinski definition) is 3. The molecule has 1 saturated carbocycles. The molecular weight excluding hydrogens is 270 g/mol. The summed E-state index contributed by atoms with van der Waals surface area (Å²) < 4.78 is 5.05. The number of benzene rings is 1. The molecule has 0 radical (unpaired) electrons. The predicted molar refractivity (Wildman–Crippen MR) is 79.0 cm³/mol. The van der Waals surface area contributed by atoms with Crippen molar-refractivity contribution in [1.82, 2.24) is 16.2 Å². The van der Waals surface area contributed by atoms with Crippen molar-refractivity contribution >= 4 is 11.9 Å². The molecular formula is C15H21N3O3. The molecule has 0 heterocycles. The van der Waals surface area contributed by atoms with Gasteiger partial charge in [0.05, 0.1) is 7.11 Å². The van der Waals surface area contributed by atoms with Gasteiger partial charge in [-0.25, -0.2) is 10.2 Å². The lowest BCUT2D eigenvalue weighted by Crippen LogP contribution is -2.50. The zero-order valence-electron chi connectivity index (χ0n) is 12.1. The fourth-order valence-electron chi connectivity index (χ4n) is 2.42. The van der Waals surface area contributed by atoms with Gasteiger partial charge in [-0.3, -0.25) is 10.2 Å². The summed E-state index contributed by atoms with van der Waals surface area (Å²) >= 11 is 0. The van der Waals surface area contributed by atoms with E-state index < -0.39 is 0 Å². The Hall–Kier alpha value is -2.24. The van der Waals surface area contributed by atoms with Gasteiger partial charge in [-0.05, 0) is 31.0 Å². The van der Waals surface area contributed by atoms with Crippen molar-refractivity contribution in [1.29, 1.82) is 0 Å². The normalized spacial score (nSPS) is 15.1. The van der Waals surface area contributed by atoms with E-state index >= 15 is 0 Å². The smallest absolute Gasteiger partial charge is 0.333 e. The summed E-state index contributed by atoms with van der Waals surface area (Å²) in [6.45, 7) is 0. The Bertz CT molecular complexity index is 499. The summed E-state index contributed by atoms with van der Waals surface area (Å²) in [6.07, 6.45) is 5.50. The minimum absolute atomic E-state index is 0.201. The third kappa shape index (κ3) is 4.66. The highest BCUT2D eigenvalue weighted by atomic mass is 16.5. The maximum atomic E-state index is 11.9. The molecule has 21 heavy (non-hydrogen) atoms. The second-order valence-corrected chi connectivity index (χ2v) is 5.12. The molecule has 0 unspecified atom stereocenters. The van der Waals surface area contributed by atoms with Gasteiger partial charge in [0, 0.05) is 11.6 Å². The molecule has 0 atom stereocenters. The third-order valence-corrected chi connectivity index (χ3v) is 3.56. The Morgan fingerprint density at radius 2 is 1.90 bits per heavy atom. The van der Waals surface area contributed by atoms with Gasteiger partial charge in [-0.15, -0.1) is 0 Å². The van der Waals surface area contributed by atoms with E-state index in [-0.39, 0.29) is 18.0 Å². The van der Waals surface area contributed by atoms with E-state index in [1.165, 1.54) is 13.5 Å². The van der Waals surface area contributed by atoms with Crippen LogP contribution < -0.4 is 20.9 Å². The first-order valence-electron chi connectivity index (χ1n) is 7.20. The Kier molecular flexibility index (Phi) is 5.43. The van der Waals surface area contributed by atoms with Gasteiger partial charge < -0.3 is 10.1 Å². The largest absolute Gasteiger partial charge is 0.497 e. The van der Waals surface area contributed by atoms with Crippen molar-refractivity contribution < 1.29 is 14.3 Å². The Morgan fingerprint density at radius 3 is 2.62 bits per heavy atom. The van der Waals surface area contributed by atoms with Crippen LogP contribution in [0.4, 0.5) is 4.79 Å². The highest BCUT2D eigenvalue weighted by molar-refractivity contribution is 5.95. The molecule has 1 fully saturated rings. The van der Waals surface area contributed by atoms with Gasteiger partial charge in [0.15, 0.2) is 0 Å². The van der Waals surface area contributed by atoms with Crippen LogP contribution in [-0.4, -0.2) is 25.1 Å². The molecule has 6 nitrogen and oxygen atoms in total. The van der Waals surface area contributed by atoms with E-state index in [2.05, 4.69) is 16.2 Å². The molecule has 0 aromatic heterocycles. The summed E-state index contributed by atoms with van der Waals surface area (Å²) in [5.74, 6) is 0.210. The molecule has 2 rings (SSSR count). The van der Waals surface area contributed by atoms with E-state index in [4.69, 9.17) is 4.74 Å². The van der Waals surface area contributed by atoms with Crippen LogP contribution in [0.25, 0.3) is 0 Å². The van der Waals surface area contributed by atoms with Crippen molar-refractivity contribution in [3.05, 3.63) is 29.8 Å². The van der Waals surface area contributed by atoms with E-state index in [0.717, 1.165) is 25.7 Å². The number of methoxy groups -OCH3 is 1. The number of carbonyl (C=O) groups excluding carboxylic acids is 2. The number of rotatable bonds is 3. The molecule has 114 valence electrons. The van der Waals surface area contributed by atoms with Crippen LogP contribution in [0.15, 0.2) is 24.3 Å². The van der Waals surface area contributed by atoms with Crippen molar-refractivity contribution in [3.8, 4) is 5.75 Å². The lowest BCUT2D eigenvalue weighted by atomic mass is 9.96. The summed E-state index contributed by atoms with van der Waals surface area (Å²) in [5, 5.41) is 2.86. The fraction of sp³-hybridized carbons (Fsp3) is 0.467. The van der Waals surface area contributed by atoms with Crippen LogP contribution >= 0.6 is 0 Å². The van der Waals surface area contributed by atoms with Crippen LogP contribution in [0.1, 0.15) is 42.5 Å². The van der Waals surface area contributed by atoms with Crippen molar-refractivity contribution in [3.63, 3.8) is 0 Å². The predicted octanol–water partition coefficient (Wildman–Crippen LogP) is 1.97. The van der Waals surface area contributed by atoms with Crippen LogP contribution in [-0.2, 0) is 0 Å². The number of hydrazine groups is 1. The minimum atomic E-state index is -0.382. The summed E-state index contributed by atoms with van der Waals surface area (Å²) in [7, 11) is 1.53. The number of carbonyl (C=O) groups is 2. The van der Waals surface area contributed by atoms with Gasteiger partial charge in [0.25, 0.3) is 5.91 Å². The third-order valence-electron chi connectivity index (χ3n) is 3.56. The Labute approximate surface area is 124 Å². The van der Waals surface area contributed by atoms with Crippen LogP contribution in [0.3, 0.4) is 0 Å². The maximum Gasteiger partial charge on any atom is 0.333 e. The molecule has 1 aromatic carbocycles. The monoisotopic (exact) mass is 291 g/mol. The molecule has 3 N–H and O–H groups in total. The molecule has 0 spiro atoms. The molecule has 1 aliphatic rings. The Morgan fingerprint density at radius 1 is 1.14 bits per heavy atom. The maximum absolute atomic E-state index is 11.9. The minimum Gasteiger partial charge on any atom is -0.497 e. The van der Waals surface area contributed by atoms with E-state index in [1.54, 1.807) is 24.3 Å². The standard InChI is InChI=1S/C15H21N3O3/c1-21-13-9-5-6-11(10-13)14(19)17-18-15(20)16-12-7-3-2-4-8-12/h5-6,9-10,12H,2-4,7-8H2,1H3,(H,17,19)(H2,16,18,20). The average Bonchev–Trinajstić information content (AvgIpc) is 2.53. The summed E-state index contributed by atoms with van der Waals surface area (Å²) in [5.41, 5.74) is 5.18. The lowest BCUT2D eigenvalue weighted by molar-refractivity contribution is 0.0935. The summed E-state index contributed by atoms with van der Waals surface area (Å²) in [4.78, 5) is 23.6. The first-order valence-corrected chi connectivity index (χ1v) is 7.20. The molecule has 0 saturated heterocycles. The fourth-order valence-corrected chi connectivity index (χ4v) is 2.42. The first-order chi connectivity index (χ1) is 10.2. The lowest BCUT2D eigenvalue weighted by Gasteiger charge is -2.22. The first kappa shape index (κ1) is 15.2. The number of hydrogen-bond acceptors (Lipinski definition) is 3. The second kappa shape index (κ2) is 7.52. The van der Waals surface area contributed by atoms with Crippen LogP contribution in [0.2, 0.25) is 0 Å². The summed E-state index contributed by atoms with van der Waals surface area (Å²) in [6, 6.07) is 6.55. The molecule has 1 aliphatic carbocycles. The zero-order chi connectivity index (χ0) is 15.1. The average molecular weight is 291 g/mol. The van der Waals surface area contributed by atoms with E-state index in [9.17, 15) is 9.59 Å². The molecule has 0 bridgehead atoms. The highest BCUT2D eigenvalue weighted by Gasteiger charge is 2.16.